The molecule has 2 heterocycles. The average Bonchev–Trinajstić information content (AvgIpc) is 1.50. The van der Waals surface area contributed by atoms with Gasteiger partial charge in [-0.25, -0.2) is 24.0 Å². The fourth-order valence-corrected chi connectivity index (χ4v) is 10.0. The molecule has 84 heavy (non-hydrogen) atoms. The summed E-state index contributed by atoms with van der Waals surface area (Å²) in [6.45, 7) is 14.3. The number of imidazole rings is 1. The number of aromatic nitrogens is 6. The molecule has 18 heteroatoms. The van der Waals surface area contributed by atoms with Crippen molar-refractivity contribution in [2.45, 2.75) is 98.1 Å². The minimum Gasteiger partial charge on any atom is -0.461 e. The van der Waals surface area contributed by atoms with Gasteiger partial charge in [0.1, 0.15) is 39.8 Å². The van der Waals surface area contributed by atoms with Crippen LogP contribution in [0.2, 0.25) is 0 Å². The van der Waals surface area contributed by atoms with Crippen molar-refractivity contribution < 1.29 is 38.3 Å². The van der Waals surface area contributed by atoms with E-state index >= 15 is 0 Å². The van der Waals surface area contributed by atoms with Gasteiger partial charge in [0.05, 0.1) is 23.8 Å². The van der Waals surface area contributed by atoms with Crippen LogP contribution >= 0.6 is 0 Å². The summed E-state index contributed by atoms with van der Waals surface area (Å²) in [6, 6.07) is 57.6. The van der Waals surface area contributed by atoms with Crippen molar-refractivity contribution in [1.29, 1.82) is 0 Å². The summed E-state index contributed by atoms with van der Waals surface area (Å²) >= 11 is 0. The van der Waals surface area contributed by atoms with Crippen molar-refractivity contribution in [3.8, 4) is 34.0 Å². The zero-order valence-corrected chi connectivity index (χ0v) is 48.6. The van der Waals surface area contributed by atoms with Crippen LogP contribution in [0.1, 0.15) is 106 Å². The molecule has 0 N–H and O–H groups in total. The molecule has 2 aromatic heterocycles. The third-order valence-corrected chi connectivity index (χ3v) is 13.7. The molecule has 0 aliphatic carbocycles. The van der Waals surface area contributed by atoms with E-state index in [1.54, 1.807) is 72.7 Å². The maximum absolute atomic E-state index is 14.3. The SMILES string of the molecule is CCCc1nc(CN(C(=O)OC(C)(C)C)c2ccc(Oc3ccc([N+](=O)[O-])c(N(C)C(=O)OC(C)(C)C)c3)cc2)c(C(=O)OCC)n1Cc1ccc(-c2ccccc2-c2nnnn2C(c2ccccc2)(c2ccccc2)c2ccccc2)cc1. The van der Waals surface area contributed by atoms with Gasteiger partial charge in [-0.05, 0) is 129 Å². The highest BCUT2D eigenvalue weighted by molar-refractivity contribution is 5.92. The molecule has 0 saturated carbocycles. The van der Waals surface area contributed by atoms with Crippen LogP contribution in [0.15, 0.2) is 182 Å². The van der Waals surface area contributed by atoms with Crippen molar-refractivity contribution in [3.05, 3.63) is 232 Å². The molecule has 0 aliphatic rings. The second-order valence-electron chi connectivity index (χ2n) is 22.0. The lowest BCUT2D eigenvalue weighted by Crippen LogP contribution is -2.39. The third-order valence-electron chi connectivity index (χ3n) is 13.7. The second kappa shape index (κ2) is 25.0. The molecule has 0 unspecified atom stereocenters. The first-order valence-corrected chi connectivity index (χ1v) is 27.7. The van der Waals surface area contributed by atoms with E-state index in [1.165, 1.54) is 30.1 Å². The third kappa shape index (κ3) is 12.9. The highest BCUT2D eigenvalue weighted by atomic mass is 16.6. The predicted octanol–water partition coefficient (Wildman–Crippen LogP) is 14.2. The summed E-state index contributed by atoms with van der Waals surface area (Å²) in [5, 5.41) is 25.9. The number of nitrogens with zero attached hydrogens (tertiary/aromatic N) is 9. The zero-order chi connectivity index (χ0) is 59.8. The van der Waals surface area contributed by atoms with E-state index in [0.29, 0.717) is 41.6 Å². The van der Waals surface area contributed by atoms with Gasteiger partial charge in [-0.2, -0.15) is 0 Å². The van der Waals surface area contributed by atoms with Crippen molar-refractivity contribution >= 4 is 35.2 Å². The van der Waals surface area contributed by atoms with E-state index < -0.39 is 39.8 Å². The number of nitro groups is 1. The summed E-state index contributed by atoms with van der Waals surface area (Å²) in [4.78, 5) is 60.5. The Hall–Kier alpha value is -9.97. The Morgan fingerprint density at radius 1 is 0.655 bits per heavy atom. The zero-order valence-electron chi connectivity index (χ0n) is 48.6. The fourth-order valence-electron chi connectivity index (χ4n) is 10.0. The van der Waals surface area contributed by atoms with Gasteiger partial charge in [-0.15, -0.1) is 5.10 Å². The normalized spacial score (nSPS) is 11.6. The monoisotopic (exact) mass is 1130 g/mol. The number of carbonyl (C=O) groups excluding carboxylic acids is 3. The van der Waals surface area contributed by atoms with Gasteiger partial charge in [-0.3, -0.25) is 19.9 Å². The van der Waals surface area contributed by atoms with Gasteiger partial charge < -0.3 is 23.5 Å². The summed E-state index contributed by atoms with van der Waals surface area (Å²) in [5.74, 6) is 1.10. The van der Waals surface area contributed by atoms with Gasteiger partial charge in [0.25, 0.3) is 5.69 Å². The first-order chi connectivity index (χ1) is 40.3. The van der Waals surface area contributed by atoms with Gasteiger partial charge in [0, 0.05) is 43.4 Å². The Kier molecular flexibility index (Phi) is 17.5. The summed E-state index contributed by atoms with van der Waals surface area (Å²) in [6.07, 6.45) is -0.261. The molecular formula is C66H67N9O9. The van der Waals surface area contributed by atoms with Crippen LogP contribution in [0.3, 0.4) is 0 Å². The van der Waals surface area contributed by atoms with E-state index in [-0.39, 0.29) is 42.5 Å². The van der Waals surface area contributed by atoms with Gasteiger partial charge >= 0.3 is 18.2 Å². The standard InChI is InChI=1S/C66H67N9O9/c1-10-23-58-67-55(44-72(63(78)84-65(6,7)8)50-36-38-51(39-37-50)82-52-40-41-56(75(79)80)57(42-52)71(9)62(77)83-64(3,4)5)59(61(76)81-11-2)73(58)43-45-32-34-46(35-33-45)53-30-21-22-31-54(53)60-68-69-70-74(60)66(47-24-15-12-16-25-47,48-26-17-13-18-27-48)49-28-19-14-20-29-49/h12-22,24-42H,10-11,23,43-44H2,1-9H3. The van der Waals surface area contributed by atoms with E-state index in [1.807, 2.05) is 113 Å². The lowest BCUT2D eigenvalue weighted by atomic mass is 9.77. The summed E-state index contributed by atoms with van der Waals surface area (Å²) in [5.41, 5.74) is 4.26. The van der Waals surface area contributed by atoms with E-state index in [2.05, 4.69) is 47.7 Å². The first kappa shape index (κ1) is 58.7. The maximum Gasteiger partial charge on any atom is 0.415 e. The lowest BCUT2D eigenvalue weighted by Gasteiger charge is -2.36. The Balaban J connectivity index is 1.04. The lowest BCUT2D eigenvalue weighted by molar-refractivity contribution is -0.384. The first-order valence-electron chi connectivity index (χ1n) is 27.7. The van der Waals surface area contributed by atoms with Crippen LogP contribution in [0, 0.1) is 10.1 Å². The van der Waals surface area contributed by atoms with E-state index in [4.69, 9.17) is 34.2 Å². The minimum absolute atomic E-state index is 0.0394. The molecular weight excluding hydrogens is 1060 g/mol. The number of rotatable bonds is 19. The smallest absolute Gasteiger partial charge is 0.415 e. The highest BCUT2D eigenvalue weighted by Crippen LogP contribution is 2.44. The highest BCUT2D eigenvalue weighted by Gasteiger charge is 2.42. The molecule has 0 saturated heterocycles. The van der Waals surface area contributed by atoms with E-state index in [0.717, 1.165) is 43.8 Å². The molecule has 7 aromatic carbocycles. The van der Waals surface area contributed by atoms with Crippen molar-refractivity contribution in [3.63, 3.8) is 0 Å². The number of esters is 1. The number of ether oxygens (including phenoxy) is 4. The van der Waals surface area contributed by atoms with Crippen LogP contribution in [0.25, 0.3) is 22.5 Å². The Labute approximate surface area is 488 Å². The van der Waals surface area contributed by atoms with Gasteiger partial charge in [-0.1, -0.05) is 146 Å². The van der Waals surface area contributed by atoms with Crippen LogP contribution in [-0.4, -0.2) is 77.7 Å². The van der Waals surface area contributed by atoms with Crippen molar-refractivity contribution in [2.24, 2.45) is 0 Å². The number of hydrogen-bond acceptors (Lipinski definition) is 13. The van der Waals surface area contributed by atoms with Crippen molar-refractivity contribution in [2.75, 3.05) is 23.5 Å². The summed E-state index contributed by atoms with van der Waals surface area (Å²) in [7, 11) is 1.38. The van der Waals surface area contributed by atoms with Crippen LogP contribution in [0.5, 0.6) is 11.5 Å². The Morgan fingerprint density at radius 2 is 1.20 bits per heavy atom. The quantitative estimate of drug-likeness (QED) is 0.0244. The number of anilines is 2. The van der Waals surface area contributed by atoms with Crippen molar-refractivity contribution in [1.82, 2.24) is 29.8 Å². The number of benzene rings is 7. The molecule has 0 fully saturated rings. The van der Waals surface area contributed by atoms with Gasteiger partial charge in [0.15, 0.2) is 11.5 Å². The number of aryl methyl sites for hydroxylation is 1. The molecule has 0 radical (unpaired) electrons. The molecule has 0 aliphatic heterocycles. The fraction of sp³-hybridized carbons (Fsp3) is 0.258. The topological polar surface area (TPSA) is 199 Å². The van der Waals surface area contributed by atoms with E-state index in [9.17, 15) is 24.5 Å². The van der Waals surface area contributed by atoms with Crippen LogP contribution < -0.4 is 14.5 Å². The molecule has 0 spiro atoms. The van der Waals surface area contributed by atoms with Crippen LogP contribution in [-0.2, 0) is 39.3 Å². The molecule has 430 valence electrons. The molecule has 9 aromatic rings. The average molecular weight is 1130 g/mol. The maximum atomic E-state index is 14.3. The number of nitro benzene ring substituents is 1. The predicted molar refractivity (Wildman–Crippen MR) is 321 cm³/mol. The van der Waals surface area contributed by atoms with Crippen LogP contribution in [0.4, 0.5) is 26.7 Å². The molecule has 0 bridgehead atoms. The van der Waals surface area contributed by atoms with Gasteiger partial charge in [0.2, 0.25) is 0 Å². The summed E-state index contributed by atoms with van der Waals surface area (Å²) < 4.78 is 27.1. The Bertz CT molecular complexity index is 3670. The molecule has 9 rings (SSSR count). The molecule has 2 amide bonds. The number of amides is 2. The largest absolute Gasteiger partial charge is 0.461 e. The second-order valence-corrected chi connectivity index (χ2v) is 22.0. The molecule has 18 nitrogen and oxygen atoms in total. The Morgan fingerprint density at radius 3 is 1.75 bits per heavy atom. The number of carbonyl (C=O) groups is 3. The number of hydrogen-bond donors (Lipinski definition) is 0. The number of tetrazole rings is 1. The molecule has 0 atom stereocenters. The minimum atomic E-state index is -0.963.